The maximum absolute atomic E-state index is 13.4. The summed E-state index contributed by atoms with van der Waals surface area (Å²) in [6.45, 7) is 10.6. The first-order chi connectivity index (χ1) is 17.6. The number of hydrogen-bond donors (Lipinski definition) is 1. The zero-order valence-corrected chi connectivity index (χ0v) is 22.5. The van der Waals surface area contributed by atoms with Crippen LogP contribution in [0.3, 0.4) is 0 Å². The number of rotatable bonds is 7. The number of anilines is 1. The largest absolute Gasteiger partial charge is 0.507 e. The van der Waals surface area contributed by atoms with Crippen molar-refractivity contribution in [3.63, 3.8) is 0 Å². The molecule has 0 bridgehead atoms. The Bertz CT molecular complexity index is 1340. The summed E-state index contributed by atoms with van der Waals surface area (Å²) in [4.78, 5) is 28.4. The fourth-order valence-corrected chi connectivity index (χ4v) is 4.74. The lowest BCUT2D eigenvalue weighted by molar-refractivity contribution is -0.132. The topological polar surface area (TPSA) is 66.8 Å². The number of nitrogens with zero attached hydrogens (tertiary/aromatic N) is 1. The number of carbonyl (C=O) groups is 2. The third-order valence-corrected chi connectivity index (χ3v) is 7.02. The number of amides is 1. The van der Waals surface area contributed by atoms with E-state index in [9.17, 15) is 14.7 Å². The van der Waals surface area contributed by atoms with Crippen LogP contribution in [0.1, 0.15) is 74.8 Å². The van der Waals surface area contributed by atoms with E-state index in [-0.39, 0.29) is 11.3 Å². The van der Waals surface area contributed by atoms with Crippen molar-refractivity contribution in [3.8, 4) is 5.75 Å². The lowest BCUT2D eigenvalue weighted by Crippen LogP contribution is -2.29. The van der Waals surface area contributed by atoms with E-state index in [1.807, 2.05) is 55.5 Å². The Hall–Kier alpha value is -3.57. The lowest BCUT2D eigenvalue weighted by Gasteiger charge is -2.26. The van der Waals surface area contributed by atoms with E-state index in [2.05, 4.69) is 27.7 Å². The second kappa shape index (κ2) is 10.8. The molecular formula is C31H32ClNO4. The standard InChI is InChI=1S/C31H32ClNO4/c1-6-37-26-17-23(13-16-25(26)32)29(34)27-28(22-9-7-20(8-10-22)18(2)3)33(31(36)30(27)35)24-14-11-21(12-15-24)19(4)5/h7-19,28,34H,6H2,1-5H3/b29-27-. The predicted molar refractivity (Wildman–Crippen MR) is 148 cm³/mol. The molecule has 1 unspecified atom stereocenters. The monoisotopic (exact) mass is 517 g/mol. The highest BCUT2D eigenvalue weighted by molar-refractivity contribution is 6.51. The van der Waals surface area contributed by atoms with Gasteiger partial charge in [0.25, 0.3) is 11.7 Å². The summed E-state index contributed by atoms with van der Waals surface area (Å²) in [5.41, 5.74) is 3.97. The summed E-state index contributed by atoms with van der Waals surface area (Å²) < 4.78 is 5.58. The van der Waals surface area contributed by atoms with Gasteiger partial charge in [0.15, 0.2) is 0 Å². The first-order valence-electron chi connectivity index (χ1n) is 12.6. The molecule has 0 spiro atoms. The van der Waals surface area contributed by atoms with Crippen molar-refractivity contribution < 1.29 is 19.4 Å². The zero-order valence-electron chi connectivity index (χ0n) is 21.8. The highest BCUT2D eigenvalue weighted by atomic mass is 35.5. The van der Waals surface area contributed by atoms with Crippen LogP contribution in [0.25, 0.3) is 5.76 Å². The van der Waals surface area contributed by atoms with Gasteiger partial charge < -0.3 is 9.84 Å². The quantitative estimate of drug-likeness (QED) is 0.199. The van der Waals surface area contributed by atoms with E-state index < -0.39 is 17.7 Å². The van der Waals surface area contributed by atoms with Gasteiger partial charge in [-0.3, -0.25) is 14.5 Å². The molecule has 1 fully saturated rings. The first kappa shape index (κ1) is 26.5. The van der Waals surface area contributed by atoms with Crippen LogP contribution >= 0.6 is 11.6 Å². The number of hydrogen-bond acceptors (Lipinski definition) is 4. The molecular weight excluding hydrogens is 486 g/mol. The van der Waals surface area contributed by atoms with Crippen molar-refractivity contribution in [2.75, 3.05) is 11.5 Å². The van der Waals surface area contributed by atoms with Crippen LogP contribution in [0.5, 0.6) is 5.75 Å². The summed E-state index contributed by atoms with van der Waals surface area (Å²) in [6, 6.07) is 19.5. The molecule has 1 heterocycles. The molecule has 1 aliphatic heterocycles. The van der Waals surface area contributed by atoms with Crippen molar-refractivity contribution in [2.24, 2.45) is 0 Å². The fourth-order valence-electron chi connectivity index (χ4n) is 4.57. The number of ketones is 1. The Morgan fingerprint density at radius 2 is 1.49 bits per heavy atom. The van der Waals surface area contributed by atoms with Gasteiger partial charge in [-0.1, -0.05) is 75.7 Å². The highest BCUT2D eigenvalue weighted by Gasteiger charge is 2.47. The Morgan fingerprint density at radius 1 is 0.919 bits per heavy atom. The second-order valence-corrected chi connectivity index (χ2v) is 10.2. The average Bonchev–Trinajstić information content (AvgIpc) is 3.15. The Balaban J connectivity index is 1.90. The highest BCUT2D eigenvalue weighted by Crippen LogP contribution is 2.43. The second-order valence-electron chi connectivity index (χ2n) is 9.81. The maximum atomic E-state index is 13.4. The molecule has 3 aromatic rings. The van der Waals surface area contributed by atoms with Crippen molar-refractivity contribution in [1.82, 2.24) is 0 Å². The van der Waals surface area contributed by atoms with Gasteiger partial charge in [0.2, 0.25) is 0 Å². The molecule has 0 saturated carbocycles. The number of aliphatic hydroxyl groups is 1. The minimum atomic E-state index is -0.794. The van der Waals surface area contributed by atoms with Gasteiger partial charge in [0.05, 0.1) is 23.2 Å². The molecule has 0 radical (unpaired) electrons. The zero-order chi connectivity index (χ0) is 26.9. The molecule has 0 aliphatic carbocycles. The number of Topliss-reactive ketones (excluding diaryl/α,β-unsaturated/α-hetero) is 1. The Labute approximate surface area is 223 Å². The molecule has 6 heteroatoms. The molecule has 0 aromatic heterocycles. The van der Waals surface area contributed by atoms with Gasteiger partial charge in [0.1, 0.15) is 11.5 Å². The fraction of sp³-hybridized carbons (Fsp3) is 0.290. The van der Waals surface area contributed by atoms with Crippen LogP contribution in [-0.2, 0) is 9.59 Å². The summed E-state index contributed by atoms with van der Waals surface area (Å²) in [7, 11) is 0. The van der Waals surface area contributed by atoms with Crippen LogP contribution in [0.4, 0.5) is 5.69 Å². The maximum Gasteiger partial charge on any atom is 0.300 e. The number of benzene rings is 3. The van der Waals surface area contributed by atoms with Crippen LogP contribution in [0, 0.1) is 0 Å². The van der Waals surface area contributed by atoms with Crippen molar-refractivity contribution in [2.45, 2.75) is 52.5 Å². The number of aliphatic hydroxyl groups excluding tert-OH is 1. The normalized spacial score (nSPS) is 17.2. The molecule has 4 rings (SSSR count). The van der Waals surface area contributed by atoms with Crippen LogP contribution in [-0.4, -0.2) is 23.4 Å². The number of halogens is 1. The average molecular weight is 518 g/mol. The van der Waals surface area contributed by atoms with Crippen LogP contribution < -0.4 is 9.64 Å². The third kappa shape index (κ3) is 5.14. The van der Waals surface area contributed by atoms with Gasteiger partial charge in [-0.25, -0.2) is 0 Å². The summed E-state index contributed by atoms with van der Waals surface area (Å²) in [5.74, 6) is -0.643. The molecule has 1 N–H and O–H groups in total. The molecule has 3 aromatic carbocycles. The SMILES string of the molecule is CCOc1cc(/C(O)=C2/C(=O)C(=O)N(c3ccc(C(C)C)cc3)C2c2ccc(C(C)C)cc2)ccc1Cl. The minimum absolute atomic E-state index is 0.0278. The Kier molecular flexibility index (Phi) is 7.74. The van der Waals surface area contributed by atoms with E-state index in [0.29, 0.717) is 40.5 Å². The molecule has 5 nitrogen and oxygen atoms in total. The summed E-state index contributed by atoms with van der Waals surface area (Å²) >= 11 is 6.24. The number of ether oxygens (including phenoxy) is 1. The van der Waals surface area contributed by atoms with Crippen molar-refractivity contribution in [3.05, 3.63) is 99.6 Å². The Morgan fingerprint density at radius 3 is 2.03 bits per heavy atom. The minimum Gasteiger partial charge on any atom is -0.507 e. The van der Waals surface area contributed by atoms with Gasteiger partial charge in [-0.2, -0.15) is 0 Å². The van der Waals surface area contributed by atoms with Gasteiger partial charge in [0, 0.05) is 11.3 Å². The molecule has 192 valence electrons. The lowest BCUT2D eigenvalue weighted by atomic mass is 9.93. The van der Waals surface area contributed by atoms with E-state index in [1.54, 1.807) is 18.2 Å². The first-order valence-corrected chi connectivity index (χ1v) is 12.9. The molecule has 37 heavy (non-hydrogen) atoms. The number of carbonyl (C=O) groups excluding carboxylic acids is 2. The van der Waals surface area contributed by atoms with Gasteiger partial charge in [-0.15, -0.1) is 0 Å². The van der Waals surface area contributed by atoms with Gasteiger partial charge >= 0.3 is 0 Å². The van der Waals surface area contributed by atoms with Crippen molar-refractivity contribution >= 4 is 34.7 Å². The van der Waals surface area contributed by atoms with Crippen molar-refractivity contribution in [1.29, 1.82) is 0 Å². The van der Waals surface area contributed by atoms with E-state index in [0.717, 1.165) is 16.7 Å². The summed E-state index contributed by atoms with van der Waals surface area (Å²) in [5, 5.41) is 11.8. The smallest absolute Gasteiger partial charge is 0.300 e. The van der Waals surface area contributed by atoms with E-state index in [1.165, 1.54) is 4.90 Å². The summed E-state index contributed by atoms with van der Waals surface area (Å²) in [6.07, 6.45) is 0. The third-order valence-electron chi connectivity index (χ3n) is 6.71. The van der Waals surface area contributed by atoms with Crippen LogP contribution in [0.2, 0.25) is 5.02 Å². The van der Waals surface area contributed by atoms with Crippen LogP contribution in [0.15, 0.2) is 72.3 Å². The molecule has 1 aliphatic rings. The molecule has 1 saturated heterocycles. The van der Waals surface area contributed by atoms with E-state index >= 15 is 0 Å². The predicted octanol–water partition coefficient (Wildman–Crippen LogP) is 7.61. The molecule has 1 amide bonds. The molecule has 1 atom stereocenters. The van der Waals surface area contributed by atoms with Gasteiger partial charge in [-0.05, 0) is 65.8 Å². The van der Waals surface area contributed by atoms with E-state index in [4.69, 9.17) is 16.3 Å².